The normalized spacial score (nSPS) is 20.3. The highest BCUT2D eigenvalue weighted by Crippen LogP contribution is 2.38. The third kappa shape index (κ3) is 7.21. The maximum atomic E-state index is 13.2. The number of aryl methyl sites for hydroxylation is 1. The molecule has 0 aliphatic carbocycles. The molecule has 0 radical (unpaired) electrons. The van der Waals surface area contributed by atoms with Crippen LogP contribution < -0.4 is 10.6 Å². The molecular formula is C25H38BN3O6. The zero-order valence-corrected chi connectivity index (χ0v) is 21.2. The average molecular weight is 487 g/mol. The fourth-order valence-electron chi connectivity index (χ4n) is 4.41. The van der Waals surface area contributed by atoms with Gasteiger partial charge in [0.2, 0.25) is 11.8 Å². The Hall–Kier alpha value is -2.59. The van der Waals surface area contributed by atoms with Gasteiger partial charge in [-0.2, -0.15) is 0 Å². The summed E-state index contributed by atoms with van der Waals surface area (Å²) < 4.78 is 12.4. The van der Waals surface area contributed by atoms with Crippen LogP contribution in [0.2, 0.25) is 0 Å². The Morgan fingerprint density at radius 3 is 2.20 bits per heavy atom. The van der Waals surface area contributed by atoms with Crippen LogP contribution in [-0.2, 0) is 25.3 Å². The molecule has 2 aliphatic rings. The highest BCUT2D eigenvalue weighted by molar-refractivity contribution is 6.48. The highest BCUT2D eigenvalue weighted by Gasteiger charge is 2.54. The minimum Gasteiger partial charge on any atom is -0.465 e. The monoisotopic (exact) mass is 487 g/mol. The maximum Gasteiger partial charge on any atom is 0.481 e. The van der Waals surface area contributed by atoms with Gasteiger partial charge in [-0.15, -0.1) is 0 Å². The number of hydrogen-bond acceptors (Lipinski definition) is 5. The van der Waals surface area contributed by atoms with E-state index in [0.29, 0.717) is 19.5 Å². The van der Waals surface area contributed by atoms with Crippen LogP contribution in [-0.4, -0.2) is 71.3 Å². The van der Waals surface area contributed by atoms with Crippen molar-refractivity contribution in [2.24, 2.45) is 0 Å². The predicted molar refractivity (Wildman–Crippen MR) is 133 cm³/mol. The number of nitrogens with one attached hydrogen (secondary N) is 2. The summed E-state index contributed by atoms with van der Waals surface area (Å²) in [5.74, 6) is -1.29. The molecule has 2 fully saturated rings. The minimum absolute atomic E-state index is 0.224. The summed E-state index contributed by atoms with van der Waals surface area (Å²) >= 11 is 0. The van der Waals surface area contributed by atoms with Crippen LogP contribution in [0.3, 0.4) is 0 Å². The van der Waals surface area contributed by atoms with Crippen LogP contribution in [0.25, 0.3) is 0 Å². The van der Waals surface area contributed by atoms with E-state index in [2.05, 4.69) is 22.8 Å². The summed E-state index contributed by atoms with van der Waals surface area (Å²) in [7, 11) is -0.695. The van der Waals surface area contributed by atoms with Gasteiger partial charge in [-0.3, -0.25) is 9.59 Å². The van der Waals surface area contributed by atoms with Crippen molar-refractivity contribution < 1.29 is 28.8 Å². The van der Waals surface area contributed by atoms with Crippen molar-refractivity contribution in [2.45, 2.75) is 89.4 Å². The molecule has 3 N–H and O–H groups in total. The van der Waals surface area contributed by atoms with E-state index in [0.717, 1.165) is 25.7 Å². The van der Waals surface area contributed by atoms with E-state index in [1.807, 2.05) is 45.9 Å². The predicted octanol–water partition coefficient (Wildman–Crippen LogP) is 2.77. The topological polar surface area (TPSA) is 117 Å². The number of rotatable bonds is 10. The average Bonchev–Trinajstić information content (AvgIpc) is 3.39. The van der Waals surface area contributed by atoms with Gasteiger partial charge in [0, 0.05) is 13.1 Å². The highest BCUT2D eigenvalue weighted by atomic mass is 16.7. The number of amides is 3. The summed E-state index contributed by atoms with van der Waals surface area (Å²) in [6, 6.07) is 8.86. The fourth-order valence-corrected chi connectivity index (χ4v) is 4.41. The second-order valence-corrected chi connectivity index (χ2v) is 10.4. The second-order valence-electron chi connectivity index (χ2n) is 10.4. The lowest BCUT2D eigenvalue weighted by Crippen LogP contribution is -2.55. The van der Waals surface area contributed by atoms with Gasteiger partial charge in [0.25, 0.3) is 0 Å². The zero-order chi connectivity index (χ0) is 25.6. The van der Waals surface area contributed by atoms with Gasteiger partial charge in [-0.05, 0) is 65.4 Å². The van der Waals surface area contributed by atoms with E-state index in [9.17, 15) is 19.5 Å². The lowest BCUT2D eigenvalue weighted by molar-refractivity contribution is -0.134. The lowest BCUT2D eigenvalue weighted by Gasteiger charge is -2.32. The van der Waals surface area contributed by atoms with Gasteiger partial charge in [0.05, 0.1) is 23.6 Å². The van der Waals surface area contributed by atoms with Crippen LogP contribution >= 0.6 is 0 Å². The Labute approximate surface area is 208 Å². The number of carboxylic acid groups (broad SMARTS) is 1. The SMILES string of the molecule is CC1(C)OB([C@H](CCCc2ccccc2)NC(=O)C(CC(=O)N2CCCC2)NC(=O)O)OC1(C)C. The molecular weight excluding hydrogens is 449 g/mol. The first-order valence-electron chi connectivity index (χ1n) is 12.5. The smallest absolute Gasteiger partial charge is 0.465 e. The number of carbonyl (C=O) groups excluding carboxylic acids is 2. The molecule has 35 heavy (non-hydrogen) atoms. The Morgan fingerprint density at radius 2 is 1.63 bits per heavy atom. The van der Waals surface area contributed by atoms with Crippen LogP contribution in [0, 0.1) is 0 Å². The first-order valence-corrected chi connectivity index (χ1v) is 12.5. The fraction of sp³-hybridized carbons (Fsp3) is 0.640. The molecule has 0 saturated carbocycles. The van der Waals surface area contributed by atoms with Crippen LogP contribution in [0.15, 0.2) is 30.3 Å². The molecule has 2 atom stereocenters. The summed E-state index contributed by atoms with van der Waals surface area (Å²) in [6.07, 6.45) is 2.41. The molecule has 1 aromatic rings. The summed E-state index contributed by atoms with van der Waals surface area (Å²) in [5, 5.41) is 14.5. The number of carbonyl (C=O) groups is 3. The molecule has 2 heterocycles. The summed E-state index contributed by atoms with van der Waals surface area (Å²) in [6.45, 7) is 9.05. The molecule has 1 aromatic carbocycles. The minimum atomic E-state index is -1.35. The van der Waals surface area contributed by atoms with Crippen molar-refractivity contribution in [3.63, 3.8) is 0 Å². The molecule has 1 unspecified atom stereocenters. The molecule has 2 saturated heterocycles. The Morgan fingerprint density at radius 1 is 1.03 bits per heavy atom. The number of benzene rings is 1. The van der Waals surface area contributed by atoms with Gasteiger partial charge in [-0.1, -0.05) is 30.3 Å². The van der Waals surface area contributed by atoms with Gasteiger partial charge in [0.15, 0.2) is 0 Å². The molecule has 0 spiro atoms. The Kier molecular flexibility index (Phi) is 8.82. The zero-order valence-electron chi connectivity index (χ0n) is 21.2. The van der Waals surface area contributed by atoms with E-state index in [-0.39, 0.29) is 12.3 Å². The molecule has 2 aliphatic heterocycles. The van der Waals surface area contributed by atoms with Gasteiger partial charge < -0.3 is 29.9 Å². The summed E-state index contributed by atoms with van der Waals surface area (Å²) in [4.78, 5) is 38.9. The molecule has 3 rings (SSSR count). The van der Waals surface area contributed by atoms with E-state index < -0.39 is 42.3 Å². The first-order chi connectivity index (χ1) is 16.5. The van der Waals surface area contributed by atoms with Crippen molar-refractivity contribution in [1.82, 2.24) is 15.5 Å². The summed E-state index contributed by atoms with van der Waals surface area (Å²) in [5.41, 5.74) is 0.0304. The quantitative estimate of drug-likeness (QED) is 0.437. The molecule has 0 bridgehead atoms. The van der Waals surface area contributed by atoms with E-state index in [1.165, 1.54) is 5.56 Å². The van der Waals surface area contributed by atoms with Crippen molar-refractivity contribution in [3.05, 3.63) is 35.9 Å². The first kappa shape index (κ1) is 27.0. The van der Waals surface area contributed by atoms with Gasteiger partial charge in [0.1, 0.15) is 6.04 Å². The molecule has 192 valence electrons. The van der Waals surface area contributed by atoms with Crippen LogP contribution in [0.4, 0.5) is 4.79 Å². The molecule has 3 amide bonds. The molecule has 10 heteroatoms. The Balaban J connectivity index is 1.70. The number of hydrogen-bond donors (Lipinski definition) is 3. The van der Waals surface area contributed by atoms with E-state index >= 15 is 0 Å². The maximum absolute atomic E-state index is 13.2. The molecule has 0 aromatic heterocycles. The standard InChI is InChI=1S/C25H38BN3O6/c1-24(2)25(3,4)35-26(34-24)20(14-10-13-18-11-6-5-7-12-18)28-22(31)19(27-23(32)33)17-21(30)29-15-8-9-16-29/h5-7,11-12,19-20,27H,8-10,13-17H2,1-4H3,(H,28,31)(H,32,33)/t19?,20-/m0/s1. The number of likely N-dealkylation sites (tertiary alicyclic amines) is 1. The van der Waals surface area contributed by atoms with Crippen molar-refractivity contribution in [1.29, 1.82) is 0 Å². The van der Waals surface area contributed by atoms with E-state index in [1.54, 1.807) is 4.90 Å². The van der Waals surface area contributed by atoms with E-state index in [4.69, 9.17) is 9.31 Å². The van der Waals surface area contributed by atoms with Gasteiger partial charge in [-0.25, -0.2) is 4.79 Å². The third-order valence-corrected chi connectivity index (χ3v) is 7.20. The number of nitrogens with zero attached hydrogens (tertiary/aromatic N) is 1. The second kappa shape index (κ2) is 11.4. The van der Waals surface area contributed by atoms with Gasteiger partial charge >= 0.3 is 13.2 Å². The lowest BCUT2D eigenvalue weighted by atomic mass is 9.75. The molecule has 9 nitrogen and oxygen atoms in total. The van der Waals surface area contributed by atoms with Crippen molar-refractivity contribution in [2.75, 3.05) is 13.1 Å². The van der Waals surface area contributed by atoms with Crippen molar-refractivity contribution >= 4 is 25.0 Å². The largest absolute Gasteiger partial charge is 0.481 e. The third-order valence-electron chi connectivity index (χ3n) is 7.20. The van der Waals surface area contributed by atoms with Crippen LogP contribution in [0.5, 0.6) is 0 Å². The van der Waals surface area contributed by atoms with Crippen molar-refractivity contribution in [3.8, 4) is 0 Å². The van der Waals surface area contributed by atoms with Crippen LogP contribution in [0.1, 0.15) is 65.4 Å². The Bertz CT molecular complexity index is 872.